The lowest BCUT2D eigenvalue weighted by Gasteiger charge is -2.25. The Morgan fingerprint density at radius 2 is 1.83 bits per heavy atom. The molecule has 1 N–H and O–H groups in total. The molecule has 0 saturated carbocycles. The van der Waals surface area contributed by atoms with Gasteiger partial charge in [0.25, 0.3) is 0 Å². The van der Waals surface area contributed by atoms with E-state index in [1.807, 2.05) is 52.7 Å². The molecule has 1 aromatic carbocycles. The van der Waals surface area contributed by atoms with E-state index in [9.17, 15) is 9.50 Å². The summed E-state index contributed by atoms with van der Waals surface area (Å²) in [4.78, 5) is 10.8. The highest BCUT2D eigenvalue weighted by Crippen LogP contribution is 2.22. The maximum absolute atomic E-state index is 13.1. The molecule has 0 spiro atoms. The summed E-state index contributed by atoms with van der Waals surface area (Å²) in [5, 5.41) is 12.3. The highest BCUT2D eigenvalue weighted by molar-refractivity contribution is 7.10. The number of anilines is 1. The second kappa shape index (κ2) is 7.30. The molecule has 0 saturated heterocycles. The Labute approximate surface area is 137 Å². The van der Waals surface area contributed by atoms with Crippen molar-refractivity contribution in [3.05, 3.63) is 76.5 Å². The van der Waals surface area contributed by atoms with E-state index in [4.69, 9.17) is 0 Å². The van der Waals surface area contributed by atoms with Gasteiger partial charge in [-0.05, 0) is 17.0 Å². The van der Waals surface area contributed by atoms with E-state index in [1.165, 1.54) is 11.3 Å². The number of hydrogen-bond donors (Lipinski definition) is 1. The Hall–Kier alpha value is -2.31. The first-order valence-electron chi connectivity index (χ1n) is 7.20. The minimum absolute atomic E-state index is 0.334. The smallest absolute Gasteiger partial charge is 0.225 e. The van der Waals surface area contributed by atoms with Crippen LogP contribution in [0.5, 0.6) is 0 Å². The third-order valence-electron chi connectivity index (χ3n) is 3.37. The van der Waals surface area contributed by atoms with Crippen LogP contribution >= 0.6 is 11.3 Å². The topological polar surface area (TPSA) is 49.2 Å². The lowest BCUT2D eigenvalue weighted by molar-refractivity contribution is 0.186. The zero-order valence-corrected chi connectivity index (χ0v) is 13.2. The van der Waals surface area contributed by atoms with Crippen LogP contribution in [0.25, 0.3) is 0 Å². The molecule has 2 heterocycles. The van der Waals surface area contributed by atoms with Crippen LogP contribution in [0.3, 0.4) is 0 Å². The second-order valence-corrected chi connectivity index (χ2v) is 6.08. The number of rotatable bonds is 6. The van der Waals surface area contributed by atoms with Gasteiger partial charge in [-0.2, -0.15) is 0 Å². The van der Waals surface area contributed by atoms with Gasteiger partial charge in [0, 0.05) is 11.4 Å². The average molecular weight is 329 g/mol. The van der Waals surface area contributed by atoms with Crippen LogP contribution in [0.15, 0.2) is 60.2 Å². The summed E-state index contributed by atoms with van der Waals surface area (Å²) in [5.41, 5.74) is 1.07. The molecule has 3 aromatic rings. The molecule has 0 bridgehead atoms. The molecule has 0 amide bonds. The van der Waals surface area contributed by atoms with Crippen LogP contribution in [-0.4, -0.2) is 21.6 Å². The first-order valence-corrected chi connectivity index (χ1v) is 8.08. The predicted octanol–water partition coefficient (Wildman–Crippen LogP) is 3.42. The van der Waals surface area contributed by atoms with Crippen LogP contribution in [-0.2, 0) is 6.54 Å². The van der Waals surface area contributed by atoms with E-state index >= 15 is 0 Å². The fourth-order valence-electron chi connectivity index (χ4n) is 2.27. The zero-order chi connectivity index (χ0) is 16.1. The van der Waals surface area contributed by atoms with Crippen LogP contribution in [0, 0.1) is 5.82 Å². The summed E-state index contributed by atoms with van der Waals surface area (Å²) in [5.74, 6) is -0.0851. The number of halogens is 1. The number of aliphatic hydroxyl groups is 1. The van der Waals surface area contributed by atoms with E-state index in [1.54, 1.807) is 0 Å². The Balaban J connectivity index is 1.82. The number of hydrogen-bond acceptors (Lipinski definition) is 5. The lowest BCUT2D eigenvalue weighted by Crippen LogP contribution is -2.29. The fraction of sp³-hybridized carbons (Fsp3) is 0.176. The molecular formula is C17H16FN3OS. The van der Waals surface area contributed by atoms with Gasteiger partial charge in [-0.1, -0.05) is 36.4 Å². The highest BCUT2D eigenvalue weighted by Gasteiger charge is 2.17. The quantitative estimate of drug-likeness (QED) is 0.753. The monoisotopic (exact) mass is 329 g/mol. The van der Waals surface area contributed by atoms with Gasteiger partial charge in [-0.3, -0.25) is 0 Å². The third-order valence-corrected chi connectivity index (χ3v) is 4.34. The van der Waals surface area contributed by atoms with Crippen LogP contribution in [0.1, 0.15) is 16.5 Å². The summed E-state index contributed by atoms with van der Waals surface area (Å²) in [7, 11) is 0. The van der Waals surface area contributed by atoms with E-state index in [0.29, 0.717) is 19.0 Å². The van der Waals surface area contributed by atoms with Crippen LogP contribution < -0.4 is 4.90 Å². The van der Waals surface area contributed by atoms with E-state index in [0.717, 1.165) is 22.8 Å². The molecule has 4 nitrogen and oxygen atoms in total. The van der Waals surface area contributed by atoms with Gasteiger partial charge in [0.05, 0.1) is 18.9 Å². The highest BCUT2D eigenvalue weighted by atomic mass is 32.1. The van der Waals surface area contributed by atoms with Crippen molar-refractivity contribution in [3.8, 4) is 0 Å². The van der Waals surface area contributed by atoms with Gasteiger partial charge in [0.1, 0.15) is 6.10 Å². The molecule has 0 radical (unpaired) electrons. The molecule has 0 aliphatic carbocycles. The van der Waals surface area contributed by atoms with Crippen molar-refractivity contribution in [2.75, 3.05) is 11.4 Å². The molecule has 1 atom stereocenters. The summed E-state index contributed by atoms with van der Waals surface area (Å²) < 4.78 is 13.1. The Kier molecular flexibility index (Phi) is 4.95. The minimum Gasteiger partial charge on any atom is -0.386 e. The first kappa shape index (κ1) is 15.6. The van der Waals surface area contributed by atoms with Gasteiger partial charge in [-0.15, -0.1) is 11.3 Å². The van der Waals surface area contributed by atoms with Crippen molar-refractivity contribution < 1.29 is 9.50 Å². The number of nitrogens with zero attached hydrogens (tertiary/aromatic N) is 3. The number of thiophene rings is 1. The van der Waals surface area contributed by atoms with Crippen molar-refractivity contribution in [2.45, 2.75) is 12.6 Å². The van der Waals surface area contributed by atoms with Gasteiger partial charge in [0.15, 0.2) is 5.82 Å². The Morgan fingerprint density at radius 1 is 1.09 bits per heavy atom. The van der Waals surface area contributed by atoms with Gasteiger partial charge in [0.2, 0.25) is 5.95 Å². The second-order valence-electron chi connectivity index (χ2n) is 5.10. The maximum atomic E-state index is 13.1. The van der Waals surface area contributed by atoms with Gasteiger partial charge >= 0.3 is 0 Å². The average Bonchev–Trinajstić information content (AvgIpc) is 3.10. The van der Waals surface area contributed by atoms with Crippen molar-refractivity contribution in [2.24, 2.45) is 0 Å². The Bertz CT molecular complexity index is 719. The molecule has 23 heavy (non-hydrogen) atoms. The van der Waals surface area contributed by atoms with Gasteiger partial charge < -0.3 is 10.0 Å². The molecule has 1 unspecified atom stereocenters. The van der Waals surface area contributed by atoms with Crippen molar-refractivity contribution in [3.63, 3.8) is 0 Å². The minimum atomic E-state index is -0.646. The predicted molar refractivity (Wildman–Crippen MR) is 88.8 cm³/mol. The molecule has 2 aromatic heterocycles. The van der Waals surface area contributed by atoms with Crippen molar-refractivity contribution in [1.29, 1.82) is 0 Å². The standard InChI is InChI=1S/C17H16FN3OS/c18-14-9-19-17(20-10-14)21(11-13-5-2-1-3-6-13)12-15(22)16-7-4-8-23-16/h1-10,15,22H,11-12H2. The molecule has 0 aliphatic rings. The van der Waals surface area contributed by atoms with E-state index in [-0.39, 0.29) is 0 Å². The Morgan fingerprint density at radius 3 is 2.48 bits per heavy atom. The largest absolute Gasteiger partial charge is 0.386 e. The number of aromatic nitrogens is 2. The van der Waals surface area contributed by atoms with Crippen molar-refractivity contribution in [1.82, 2.24) is 9.97 Å². The number of aliphatic hydroxyl groups excluding tert-OH is 1. The number of benzene rings is 1. The fourth-order valence-corrected chi connectivity index (χ4v) is 2.97. The first-order chi connectivity index (χ1) is 11.2. The molecule has 118 valence electrons. The van der Waals surface area contributed by atoms with Crippen LogP contribution in [0.2, 0.25) is 0 Å². The normalized spacial score (nSPS) is 12.1. The summed E-state index contributed by atoms with van der Waals surface area (Å²) in [6.07, 6.45) is 1.63. The van der Waals surface area contributed by atoms with Crippen LogP contribution in [0.4, 0.5) is 10.3 Å². The summed E-state index contributed by atoms with van der Waals surface area (Å²) >= 11 is 1.50. The molecule has 6 heteroatoms. The van der Waals surface area contributed by atoms with Crippen molar-refractivity contribution >= 4 is 17.3 Å². The molecular weight excluding hydrogens is 313 g/mol. The zero-order valence-electron chi connectivity index (χ0n) is 12.3. The van der Waals surface area contributed by atoms with Gasteiger partial charge in [-0.25, -0.2) is 14.4 Å². The van der Waals surface area contributed by atoms with E-state index < -0.39 is 11.9 Å². The summed E-state index contributed by atoms with van der Waals surface area (Å²) in [6.45, 7) is 0.871. The third kappa shape index (κ3) is 4.12. The molecule has 0 aliphatic heterocycles. The SMILES string of the molecule is OC(CN(Cc1ccccc1)c1ncc(F)cn1)c1cccs1. The lowest BCUT2D eigenvalue weighted by atomic mass is 10.2. The molecule has 3 rings (SSSR count). The van der Waals surface area contributed by atoms with E-state index in [2.05, 4.69) is 9.97 Å². The maximum Gasteiger partial charge on any atom is 0.225 e. The summed E-state index contributed by atoms with van der Waals surface area (Å²) in [6, 6.07) is 13.6. The molecule has 0 fully saturated rings.